The van der Waals surface area contributed by atoms with E-state index >= 15 is 0 Å². The summed E-state index contributed by atoms with van der Waals surface area (Å²) < 4.78 is 13.8. The number of rotatable bonds is 4. The molecule has 1 aromatic heterocycles. The fourth-order valence-corrected chi connectivity index (χ4v) is 2.31. The molecule has 2 heterocycles. The molecule has 1 aliphatic rings. The van der Waals surface area contributed by atoms with Gasteiger partial charge in [0.05, 0.1) is 5.02 Å². The first kappa shape index (κ1) is 14.5. The highest BCUT2D eigenvalue weighted by Gasteiger charge is 2.20. The third-order valence-corrected chi connectivity index (χ3v) is 3.53. The van der Waals surface area contributed by atoms with Crippen molar-refractivity contribution in [2.45, 2.75) is 0 Å². The quantitative estimate of drug-likeness (QED) is 0.838. The van der Waals surface area contributed by atoms with Gasteiger partial charge >= 0.3 is 0 Å². The number of pyridine rings is 1. The summed E-state index contributed by atoms with van der Waals surface area (Å²) in [5, 5.41) is 0.339. The van der Waals surface area contributed by atoms with E-state index in [-0.39, 0.29) is 5.82 Å². The molecule has 0 amide bonds. The van der Waals surface area contributed by atoms with E-state index in [1.807, 2.05) is 4.90 Å². The lowest BCUT2D eigenvalue weighted by atomic mass is 10.3. The third-order valence-electron chi connectivity index (χ3n) is 3.32. The van der Waals surface area contributed by atoms with Gasteiger partial charge in [-0.15, -0.1) is 0 Å². The van der Waals surface area contributed by atoms with Crippen molar-refractivity contribution in [3.8, 4) is 0 Å². The second-order valence-electron chi connectivity index (χ2n) is 5.09. The first-order valence-electron chi connectivity index (χ1n) is 6.49. The topological polar surface area (TPSA) is 22.6 Å². The molecular weight excluding hydrogens is 267 g/mol. The van der Waals surface area contributed by atoms with Gasteiger partial charge in [-0.2, -0.15) is 0 Å². The van der Waals surface area contributed by atoms with Gasteiger partial charge < -0.3 is 9.80 Å². The molecule has 0 spiro atoms. The van der Waals surface area contributed by atoms with Crippen molar-refractivity contribution in [2.75, 3.05) is 58.3 Å². The smallest absolute Gasteiger partial charge is 0.167 e. The van der Waals surface area contributed by atoms with E-state index in [9.17, 15) is 4.39 Å². The minimum Gasteiger partial charge on any atom is -0.352 e. The minimum absolute atomic E-state index is 0.339. The summed E-state index contributed by atoms with van der Waals surface area (Å²) in [6, 6.07) is 1.32. The number of nitrogens with zero attached hydrogens (tertiary/aromatic N) is 4. The molecule has 106 valence electrons. The predicted octanol–water partition coefficient (Wildman–Crippen LogP) is 1.56. The molecule has 0 aliphatic carbocycles. The molecule has 1 aromatic rings. The second kappa shape index (κ2) is 6.50. The zero-order valence-corrected chi connectivity index (χ0v) is 12.2. The zero-order chi connectivity index (χ0) is 13.8. The lowest BCUT2D eigenvalue weighted by Gasteiger charge is -2.35. The summed E-state index contributed by atoms with van der Waals surface area (Å²) >= 11 is 5.72. The molecular formula is C13H20ClFN4. The van der Waals surface area contributed by atoms with Crippen molar-refractivity contribution < 1.29 is 4.39 Å². The van der Waals surface area contributed by atoms with E-state index in [1.54, 1.807) is 0 Å². The molecule has 2 rings (SSSR count). The number of anilines is 1. The Morgan fingerprint density at radius 2 is 2.00 bits per heavy atom. The lowest BCUT2D eigenvalue weighted by Crippen LogP contribution is -2.48. The Balaban J connectivity index is 1.89. The maximum atomic E-state index is 13.8. The summed E-state index contributed by atoms with van der Waals surface area (Å²) in [7, 11) is 4.15. The Morgan fingerprint density at radius 3 is 2.58 bits per heavy atom. The molecule has 0 radical (unpaired) electrons. The summed E-state index contributed by atoms with van der Waals surface area (Å²) in [6.07, 6.45) is 1.50. The van der Waals surface area contributed by atoms with E-state index in [1.165, 1.54) is 12.3 Å². The average molecular weight is 287 g/mol. The number of hydrogen-bond donors (Lipinski definition) is 0. The molecule has 19 heavy (non-hydrogen) atoms. The predicted molar refractivity (Wildman–Crippen MR) is 76.4 cm³/mol. The molecule has 4 nitrogen and oxygen atoms in total. The van der Waals surface area contributed by atoms with Crippen molar-refractivity contribution in [1.82, 2.24) is 14.8 Å². The molecule has 0 atom stereocenters. The largest absolute Gasteiger partial charge is 0.352 e. The highest BCUT2D eigenvalue weighted by molar-refractivity contribution is 6.30. The van der Waals surface area contributed by atoms with Crippen molar-refractivity contribution in [1.29, 1.82) is 0 Å². The SMILES string of the molecule is CN(C)CCN1CCN(c2ncc(Cl)cc2F)CC1. The normalized spacial score (nSPS) is 17.2. The highest BCUT2D eigenvalue weighted by atomic mass is 35.5. The zero-order valence-electron chi connectivity index (χ0n) is 11.4. The van der Waals surface area contributed by atoms with Crippen LogP contribution in [0.2, 0.25) is 5.02 Å². The van der Waals surface area contributed by atoms with E-state index in [2.05, 4.69) is 28.9 Å². The Hall–Kier alpha value is -0.910. The monoisotopic (exact) mass is 286 g/mol. The van der Waals surface area contributed by atoms with Gasteiger partial charge in [-0.05, 0) is 20.2 Å². The second-order valence-corrected chi connectivity index (χ2v) is 5.53. The molecule has 1 saturated heterocycles. The Bertz CT molecular complexity index is 419. The van der Waals surface area contributed by atoms with Crippen LogP contribution in [0.15, 0.2) is 12.3 Å². The van der Waals surface area contributed by atoms with Gasteiger partial charge in [-0.3, -0.25) is 4.90 Å². The number of hydrogen-bond acceptors (Lipinski definition) is 4. The number of aromatic nitrogens is 1. The van der Waals surface area contributed by atoms with Gasteiger partial charge in [-0.25, -0.2) is 9.37 Å². The van der Waals surface area contributed by atoms with Crippen LogP contribution in [-0.2, 0) is 0 Å². The molecule has 6 heteroatoms. The summed E-state index contributed by atoms with van der Waals surface area (Å²) in [5.74, 6) is 0.0749. The van der Waals surface area contributed by atoms with Gasteiger partial charge in [-0.1, -0.05) is 11.6 Å². The van der Waals surface area contributed by atoms with Crippen LogP contribution in [-0.4, -0.2) is 68.1 Å². The fraction of sp³-hybridized carbons (Fsp3) is 0.615. The first-order chi connectivity index (χ1) is 9.06. The highest BCUT2D eigenvalue weighted by Crippen LogP contribution is 2.20. The van der Waals surface area contributed by atoms with E-state index in [4.69, 9.17) is 11.6 Å². The van der Waals surface area contributed by atoms with E-state index in [0.717, 1.165) is 39.3 Å². The van der Waals surface area contributed by atoms with Crippen molar-refractivity contribution in [3.63, 3.8) is 0 Å². The molecule has 0 unspecified atom stereocenters. The van der Waals surface area contributed by atoms with Crippen LogP contribution < -0.4 is 4.90 Å². The van der Waals surface area contributed by atoms with Gasteiger partial charge in [0.15, 0.2) is 11.6 Å². The summed E-state index contributed by atoms with van der Waals surface area (Å²) in [5.41, 5.74) is 0. The van der Waals surface area contributed by atoms with Crippen LogP contribution >= 0.6 is 11.6 Å². The van der Waals surface area contributed by atoms with Gasteiger partial charge in [0.2, 0.25) is 0 Å². The van der Waals surface area contributed by atoms with Crippen LogP contribution in [0.5, 0.6) is 0 Å². The average Bonchev–Trinajstić information content (AvgIpc) is 2.37. The Labute approximate surface area is 118 Å². The third kappa shape index (κ3) is 4.03. The molecule has 1 aliphatic heterocycles. The maximum absolute atomic E-state index is 13.8. The van der Waals surface area contributed by atoms with Crippen LogP contribution in [0.1, 0.15) is 0 Å². The van der Waals surface area contributed by atoms with E-state index < -0.39 is 0 Å². The van der Waals surface area contributed by atoms with Crippen LogP contribution in [0, 0.1) is 5.82 Å². The lowest BCUT2D eigenvalue weighted by molar-refractivity contribution is 0.228. The van der Waals surface area contributed by atoms with Crippen LogP contribution in [0.3, 0.4) is 0 Å². The standard InChI is InChI=1S/C13H20ClFN4/c1-17(2)3-4-18-5-7-19(8-6-18)13-12(15)9-11(14)10-16-13/h9-10H,3-8H2,1-2H3. The first-order valence-corrected chi connectivity index (χ1v) is 6.87. The Kier molecular flexibility index (Phi) is 4.96. The minimum atomic E-state index is -0.339. The van der Waals surface area contributed by atoms with Crippen LogP contribution in [0.25, 0.3) is 0 Å². The van der Waals surface area contributed by atoms with Crippen molar-refractivity contribution >= 4 is 17.4 Å². The number of piperazine rings is 1. The Morgan fingerprint density at radius 1 is 1.32 bits per heavy atom. The molecule has 1 fully saturated rings. The molecule has 0 aromatic carbocycles. The van der Waals surface area contributed by atoms with Crippen LogP contribution in [0.4, 0.5) is 10.2 Å². The van der Waals surface area contributed by atoms with Gasteiger partial charge in [0.25, 0.3) is 0 Å². The maximum Gasteiger partial charge on any atom is 0.167 e. The molecule has 0 N–H and O–H groups in total. The molecule has 0 saturated carbocycles. The van der Waals surface area contributed by atoms with Crippen molar-refractivity contribution in [2.24, 2.45) is 0 Å². The van der Waals surface area contributed by atoms with Gasteiger partial charge in [0.1, 0.15) is 0 Å². The summed E-state index contributed by atoms with van der Waals surface area (Å²) in [4.78, 5) is 10.6. The van der Waals surface area contributed by atoms with Gasteiger partial charge in [0, 0.05) is 45.5 Å². The van der Waals surface area contributed by atoms with Crippen molar-refractivity contribution in [3.05, 3.63) is 23.1 Å². The number of halogens is 2. The summed E-state index contributed by atoms with van der Waals surface area (Å²) in [6.45, 7) is 5.60. The fourth-order valence-electron chi connectivity index (χ4n) is 2.16. The molecule has 0 bridgehead atoms. The number of likely N-dealkylation sites (N-methyl/N-ethyl adjacent to an activating group) is 1. The van der Waals surface area contributed by atoms with E-state index in [0.29, 0.717) is 10.8 Å².